The second-order valence-corrected chi connectivity index (χ2v) is 7.52. The molecule has 2 fully saturated rings. The summed E-state index contributed by atoms with van der Waals surface area (Å²) in [5, 5.41) is 0. The number of rotatable bonds is 5. The van der Waals surface area contributed by atoms with Crippen molar-refractivity contribution in [2.75, 3.05) is 44.3 Å². The number of nitrogens with two attached hydrogens (primary N) is 1. The predicted molar refractivity (Wildman–Crippen MR) is 112 cm³/mol. The third-order valence-electron chi connectivity index (χ3n) is 5.44. The molecule has 0 bridgehead atoms. The van der Waals surface area contributed by atoms with Crippen molar-refractivity contribution in [2.24, 2.45) is 5.73 Å². The van der Waals surface area contributed by atoms with Crippen LogP contribution in [-0.4, -0.2) is 67.2 Å². The van der Waals surface area contributed by atoms with Gasteiger partial charge in [0.25, 0.3) is 11.8 Å². The highest BCUT2D eigenvalue weighted by atomic mass is 16.5. The quantitative estimate of drug-likeness (QED) is 0.806. The number of morpholine rings is 1. The van der Waals surface area contributed by atoms with E-state index in [1.807, 2.05) is 29.2 Å². The molecule has 2 saturated heterocycles. The van der Waals surface area contributed by atoms with Gasteiger partial charge in [0.15, 0.2) is 0 Å². The molecule has 3 heterocycles. The minimum absolute atomic E-state index is 0.00406. The molecule has 2 aliphatic rings. The van der Waals surface area contributed by atoms with Gasteiger partial charge in [-0.1, -0.05) is 0 Å². The summed E-state index contributed by atoms with van der Waals surface area (Å²) in [5.41, 5.74) is 7.23. The van der Waals surface area contributed by atoms with Crippen LogP contribution in [0.15, 0.2) is 42.6 Å². The molecule has 2 amide bonds. The molecule has 1 aromatic carbocycles. The average Bonchev–Trinajstić information content (AvgIpc) is 2.79. The first-order valence-electron chi connectivity index (χ1n) is 10.2. The van der Waals surface area contributed by atoms with Crippen LogP contribution >= 0.6 is 0 Å². The molecule has 30 heavy (non-hydrogen) atoms. The minimum atomic E-state index is -0.596. The first-order chi connectivity index (χ1) is 14.6. The maximum Gasteiger partial charge on any atom is 0.267 e. The van der Waals surface area contributed by atoms with Crippen molar-refractivity contribution in [3.63, 3.8) is 0 Å². The molecular formula is C22H26N4O4. The molecule has 8 nitrogen and oxygen atoms in total. The number of primary amides is 1. The fourth-order valence-corrected chi connectivity index (χ4v) is 3.85. The van der Waals surface area contributed by atoms with Gasteiger partial charge in [-0.3, -0.25) is 14.6 Å². The topological polar surface area (TPSA) is 98.0 Å². The van der Waals surface area contributed by atoms with Crippen molar-refractivity contribution in [2.45, 2.75) is 18.9 Å². The van der Waals surface area contributed by atoms with Gasteiger partial charge in [0, 0.05) is 43.1 Å². The van der Waals surface area contributed by atoms with Gasteiger partial charge in [-0.2, -0.15) is 0 Å². The summed E-state index contributed by atoms with van der Waals surface area (Å²) in [6, 6.07) is 11.0. The van der Waals surface area contributed by atoms with Crippen molar-refractivity contribution < 1.29 is 19.1 Å². The van der Waals surface area contributed by atoms with Crippen molar-refractivity contribution in [1.82, 2.24) is 9.88 Å². The standard InChI is InChI=1S/C22H26N4O4/c23-21(27)20-14-18(7-8-24-20)30-19-2-1-9-26(15-19)22(28)16-3-5-17(6-4-16)25-10-12-29-13-11-25/h3-8,14,19H,1-2,9-13,15H2,(H2,23,27). The molecule has 1 unspecified atom stereocenters. The molecule has 0 radical (unpaired) electrons. The number of nitrogens with zero attached hydrogens (tertiary/aromatic N) is 3. The SMILES string of the molecule is NC(=O)c1cc(OC2CCCN(C(=O)c3ccc(N4CCOCC4)cc3)C2)ccn1. The van der Waals surface area contributed by atoms with E-state index in [1.165, 1.54) is 12.3 Å². The van der Waals surface area contributed by atoms with E-state index in [1.54, 1.807) is 6.07 Å². The fourth-order valence-electron chi connectivity index (χ4n) is 3.85. The van der Waals surface area contributed by atoms with Crippen LogP contribution in [0.25, 0.3) is 0 Å². The smallest absolute Gasteiger partial charge is 0.267 e. The zero-order chi connectivity index (χ0) is 20.9. The van der Waals surface area contributed by atoms with Crippen LogP contribution in [0.2, 0.25) is 0 Å². The molecule has 1 aromatic heterocycles. The Morgan fingerprint density at radius 3 is 2.60 bits per heavy atom. The van der Waals surface area contributed by atoms with Crippen molar-refractivity contribution in [3.8, 4) is 5.75 Å². The van der Waals surface area contributed by atoms with Gasteiger partial charge in [0.2, 0.25) is 0 Å². The van der Waals surface area contributed by atoms with Crippen LogP contribution < -0.4 is 15.4 Å². The van der Waals surface area contributed by atoms with E-state index < -0.39 is 5.91 Å². The summed E-state index contributed by atoms with van der Waals surface area (Å²) >= 11 is 0. The van der Waals surface area contributed by atoms with Crippen LogP contribution in [0.5, 0.6) is 5.75 Å². The Morgan fingerprint density at radius 1 is 1.10 bits per heavy atom. The van der Waals surface area contributed by atoms with E-state index in [0.717, 1.165) is 44.8 Å². The Balaban J connectivity index is 1.38. The van der Waals surface area contributed by atoms with Gasteiger partial charge in [-0.15, -0.1) is 0 Å². The molecule has 4 rings (SSSR count). The first kappa shape index (κ1) is 20.2. The average molecular weight is 410 g/mol. The minimum Gasteiger partial charge on any atom is -0.488 e. The fraction of sp³-hybridized carbons (Fsp3) is 0.409. The summed E-state index contributed by atoms with van der Waals surface area (Å²) in [4.78, 5) is 32.3. The second-order valence-electron chi connectivity index (χ2n) is 7.52. The van der Waals surface area contributed by atoms with Crippen LogP contribution in [0.4, 0.5) is 5.69 Å². The lowest BCUT2D eigenvalue weighted by Gasteiger charge is -2.33. The van der Waals surface area contributed by atoms with E-state index in [0.29, 0.717) is 24.4 Å². The molecule has 0 saturated carbocycles. The summed E-state index contributed by atoms with van der Waals surface area (Å²) in [6.45, 7) is 4.39. The maximum absolute atomic E-state index is 13.0. The number of hydrogen-bond acceptors (Lipinski definition) is 6. The first-order valence-corrected chi connectivity index (χ1v) is 10.2. The number of benzene rings is 1. The van der Waals surface area contributed by atoms with Crippen LogP contribution in [0.1, 0.15) is 33.7 Å². The Labute approximate surface area is 175 Å². The largest absolute Gasteiger partial charge is 0.488 e. The number of likely N-dealkylation sites (tertiary alicyclic amines) is 1. The van der Waals surface area contributed by atoms with Gasteiger partial charge in [0.05, 0.1) is 19.8 Å². The molecular weight excluding hydrogens is 384 g/mol. The number of ether oxygens (including phenoxy) is 2. The Bertz CT molecular complexity index is 896. The predicted octanol–water partition coefficient (Wildman–Crippen LogP) is 1.70. The summed E-state index contributed by atoms with van der Waals surface area (Å²) in [7, 11) is 0. The van der Waals surface area contributed by atoms with Gasteiger partial charge >= 0.3 is 0 Å². The zero-order valence-corrected chi connectivity index (χ0v) is 16.8. The number of anilines is 1. The van der Waals surface area contributed by atoms with Crippen molar-refractivity contribution in [1.29, 1.82) is 0 Å². The van der Waals surface area contributed by atoms with Crippen LogP contribution in [-0.2, 0) is 4.74 Å². The maximum atomic E-state index is 13.0. The number of pyridine rings is 1. The molecule has 2 N–H and O–H groups in total. The molecule has 0 aliphatic carbocycles. The van der Waals surface area contributed by atoms with E-state index >= 15 is 0 Å². The highest BCUT2D eigenvalue weighted by molar-refractivity contribution is 5.94. The molecule has 0 spiro atoms. The highest BCUT2D eigenvalue weighted by Crippen LogP contribution is 2.22. The summed E-state index contributed by atoms with van der Waals surface area (Å²) in [6.07, 6.45) is 3.06. The molecule has 2 aliphatic heterocycles. The number of hydrogen-bond donors (Lipinski definition) is 1. The number of aromatic nitrogens is 1. The normalized spacial score (nSPS) is 19.4. The summed E-state index contributed by atoms with van der Waals surface area (Å²) in [5.74, 6) is -0.0567. The Kier molecular flexibility index (Phi) is 6.13. The zero-order valence-electron chi connectivity index (χ0n) is 16.8. The van der Waals surface area contributed by atoms with Crippen molar-refractivity contribution in [3.05, 3.63) is 53.9 Å². The molecule has 158 valence electrons. The monoisotopic (exact) mass is 410 g/mol. The highest BCUT2D eigenvalue weighted by Gasteiger charge is 2.26. The number of piperidine rings is 1. The molecule has 1 atom stereocenters. The van der Waals surface area contributed by atoms with Crippen LogP contribution in [0, 0.1) is 0 Å². The Morgan fingerprint density at radius 2 is 1.87 bits per heavy atom. The van der Waals surface area contributed by atoms with Gasteiger partial charge < -0.3 is 25.0 Å². The number of amides is 2. The molecule has 2 aromatic rings. The van der Waals surface area contributed by atoms with E-state index in [2.05, 4.69) is 9.88 Å². The Hall–Kier alpha value is -3.13. The second kappa shape index (κ2) is 9.13. The molecule has 8 heteroatoms. The summed E-state index contributed by atoms with van der Waals surface area (Å²) < 4.78 is 11.4. The van der Waals surface area contributed by atoms with Gasteiger partial charge in [-0.25, -0.2) is 0 Å². The van der Waals surface area contributed by atoms with E-state index in [4.69, 9.17) is 15.2 Å². The number of carbonyl (C=O) groups is 2. The van der Waals surface area contributed by atoms with E-state index in [-0.39, 0.29) is 17.7 Å². The van der Waals surface area contributed by atoms with Crippen LogP contribution in [0.3, 0.4) is 0 Å². The lowest BCUT2D eigenvalue weighted by atomic mass is 10.1. The third-order valence-corrected chi connectivity index (χ3v) is 5.44. The lowest BCUT2D eigenvalue weighted by Crippen LogP contribution is -2.44. The van der Waals surface area contributed by atoms with Gasteiger partial charge in [0.1, 0.15) is 17.5 Å². The van der Waals surface area contributed by atoms with Gasteiger partial charge in [-0.05, 0) is 43.2 Å². The third kappa shape index (κ3) is 4.71. The number of carbonyl (C=O) groups excluding carboxylic acids is 2. The lowest BCUT2D eigenvalue weighted by molar-refractivity contribution is 0.0537. The van der Waals surface area contributed by atoms with E-state index in [9.17, 15) is 9.59 Å². The van der Waals surface area contributed by atoms with Crippen molar-refractivity contribution >= 4 is 17.5 Å².